The molecule has 2 fully saturated rings. The third-order valence-electron chi connectivity index (χ3n) is 8.16. The molecule has 2 aliphatic rings. The Kier molecular flexibility index (Phi) is 11.7. The van der Waals surface area contributed by atoms with Crippen molar-refractivity contribution in [2.45, 2.75) is 74.4 Å². The summed E-state index contributed by atoms with van der Waals surface area (Å²) in [5.41, 5.74) is 1.75. The highest BCUT2D eigenvalue weighted by Gasteiger charge is 2.43. The summed E-state index contributed by atoms with van der Waals surface area (Å²) in [6, 6.07) is 11.5. The van der Waals surface area contributed by atoms with Crippen molar-refractivity contribution in [3.63, 3.8) is 0 Å². The van der Waals surface area contributed by atoms with Crippen molar-refractivity contribution in [2.75, 3.05) is 41.3 Å². The second-order valence-corrected chi connectivity index (χ2v) is 13.2. The summed E-state index contributed by atoms with van der Waals surface area (Å²) in [6.45, 7) is 1.65. The number of hydrogen-bond donors (Lipinski definition) is 2. The van der Waals surface area contributed by atoms with Gasteiger partial charge in [-0.05, 0) is 89.3 Å². The third-order valence-corrected chi connectivity index (χ3v) is 9.64. The number of aliphatic hydroxyl groups excluding tert-OH is 2. The van der Waals surface area contributed by atoms with E-state index in [4.69, 9.17) is 46.4 Å². The van der Waals surface area contributed by atoms with Gasteiger partial charge < -0.3 is 20.0 Å². The van der Waals surface area contributed by atoms with Crippen molar-refractivity contribution in [3.8, 4) is 0 Å². The molecule has 0 amide bonds. The lowest BCUT2D eigenvalue weighted by atomic mass is 9.67. The first-order valence-electron chi connectivity index (χ1n) is 13.5. The van der Waals surface area contributed by atoms with Gasteiger partial charge in [0.05, 0.1) is 32.3 Å². The quantitative estimate of drug-likeness (QED) is 0.360. The zero-order valence-corrected chi connectivity index (χ0v) is 26.0. The maximum absolute atomic E-state index is 10.6. The number of nitrogens with zero attached hydrogens (tertiary/aromatic N) is 2. The van der Waals surface area contributed by atoms with Crippen molar-refractivity contribution < 1.29 is 10.2 Å². The summed E-state index contributed by atoms with van der Waals surface area (Å²) in [5.74, 6) is 0. The smallest absolute Gasteiger partial charge is 0.0649 e. The molecule has 8 heteroatoms. The largest absolute Gasteiger partial charge is 0.392 e. The van der Waals surface area contributed by atoms with Gasteiger partial charge >= 0.3 is 0 Å². The highest BCUT2D eigenvalue weighted by molar-refractivity contribution is 6.42. The van der Waals surface area contributed by atoms with Gasteiger partial charge in [0.2, 0.25) is 0 Å². The Morgan fingerprint density at radius 3 is 1.29 bits per heavy atom. The number of halogens is 4. The van der Waals surface area contributed by atoms with Crippen LogP contribution < -0.4 is 0 Å². The van der Waals surface area contributed by atoms with E-state index in [2.05, 4.69) is 9.80 Å². The second-order valence-electron chi connectivity index (χ2n) is 11.6. The maximum Gasteiger partial charge on any atom is 0.0649 e. The van der Waals surface area contributed by atoms with Crippen LogP contribution >= 0.6 is 46.4 Å². The molecule has 38 heavy (non-hydrogen) atoms. The highest BCUT2D eigenvalue weighted by Crippen LogP contribution is 2.43. The van der Waals surface area contributed by atoms with Gasteiger partial charge in [0, 0.05) is 23.9 Å². The van der Waals surface area contributed by atoms with Gasteiger partial charge in [0.25, 0.3) is 0 Å². The van der Waals surface area contributed by atoms with Crippen LogP contribution in [0.25, 0.3) is 0 Å². The lowest BCUT2D eigenvalue weighted by Gasteiger charge is -2.44. The molecule has 4 nitrogen and oxygen atoms in total. The van der Waals surface area contributed by atoms with E-state index in [1.54, 1.807) is 0 Å². The van der Waals surface area contributed by atoms with Gasteiger partial charge in [-0.3, -0.25) is 0 Å². The highest BCUT2D eigenvalue weighted by atomic mass is 35.5. The predicted octanol–water partition coefficient (Wildman–Crippen LogP) is 7.46. The number of benzene rings is 2. The molecule has 0 aliphatic heterocycles. The van der Waals surface area contributed by atoms with Crippen LogP contribution in [0.1, 0.15) is 62.5 Å². The Hall–Kier alpha value is -0.560. The van der Waals surface area contributed by atoms with Crippen molar-refractivity contribution >= 4 is 46.4 Å². The molecular formula is C30H42Cl4N2O2. The first-order valence-corrected chi connectivity index (χ1v) is 15.0. The lowest BCUT2D eigenvalue weighted by Crippen LogP contribution is -2.49. The predicted molar refractivity (Wildman–Crippen MR) is 162 cm³/mol. The van der Waals surface area contributed by atoms with E-state index in [0.717, 1.165) is 75.6 Å². The van der Waals surface area contributed by atoms with E-state index < -0.39 is 0 Å². The Morgan fingerprint density at radius 1 is 0.632 bits per heavy atom. The van der Waals surface area contributed by atoms with Crippen LogP contribution in [-0.2, 0) is 10.8 Å². The van der Waals surface area contributed by atoms with Crippen LogP contribution in [0.3, 0.4) is 0 Å². The topological polar surface area (TPSA) is 46.9 Å². The number of rotatable bonds is 6. The summed E-state index contributed by atoms with van der Waals surface area (Å²) >= 11 is 24.3. The molecule has 4 rings (SSSR count). The van der Waals surface area contributed by atoms with Crippen LogP contribution in [0, 0.1) is 0 Å². The number of likely N-dealkylation sites (N-methyl/N-ethyl adjacent to an activating group) is 2. The maximum atomic E-state index is 10.6. The normalized spacial score (nSPS) is 27.8. The molecule has 0 saturated heterocycles. The van der Waals surface area contributed by atoms with Gasteiger partial charge in [0.15, 0.2) is 0 Å². The van der Waals surface area contributed by atoms with E-state index in [-0.39, 0.29) is 23.0 Å². The average Bonchev–Trinajstić information content (AvgIpc) is 2.85. The Balaban J connectivity index is 0.000000211. The van der Waals surface area contributed by atoms with Crippen LogP contribution in [0.2, 0.25) is 20.1 Å². The average molecular weight is 604 g/mol. The van der Waals surface area contributed by atoms with Crippen LogP contribution in [-0.4, -0.2) is 73.5 Å². The van der Waals surface area contributed by atoms with Crippen molar-refractivity contribution in [1.82, 2.24) is 9.80 Å². The molecule has 0 aromatic heterocycles. The summed E-state index contributed by atoms with van der Waals surface area (Å²) < 4.78 is 0. The molecular weight excluding hydrogens is 562 g/mol. The minimum absolute atomic E-state index is 0.226. The van der Waals surface area contributed by atoms with Gasteiger partial charge in [-0.15, -0.1) is 0 Å². The molecule has 2 aromatic carbocycles. The molecule has 0 spiro atoms. The monoisotopic (exact) mass is 602 g/mol. The Morgan fingerprint density at radius 2 is 1.00 bits per heavy atom. The fourth-order valence-electron chi connectivity index (χ4n) is 6.41. The summed E-state index contributed by atoms with van der Waals surface area (Å²) in [7, 11) is 8.17. The molecule has 2 aromatic rings. The minimum atomic E-state index is -0.319. The van der Waals surface area contributed by atoms with E-state index in [9.17, 15) is 10.2 Å². The van der Waals surface area contributed by atoms with Gasteiger partial charge in [0.1, 0.15) is 0 Å². The fraction of sp³-hybridized carbons (Fsp3) is 0.600. The van der Waals surface area contributed by atoms with Crippen molar-refractivity contribution in [2.24, 2.45) is 0 Å². The lowest BCUT2D eigenvalue weighted by molar-refractivity contribution is 0.0263. The van der Waals surface area contributed by atoms with Gasteiger partial charge in [-0.25, -0.2) is 0 Å². The third kappa shape index (κ3) is 7.39. The molecule has 0 unspecified atom stereocenters. The summed E-state index contributed by atoms with van der Waals surface area (Å²) in [6.07, 6.45) is 7.53. The van der Waals surface area contributed by atoms with Gasteiger partial charge in [-0.2, -0.15) is 0 Å². The first-order chi connectivity index (χ1) is 17.9. The first kappa shape index (κ1) is 32.0. The van der Waals surface area contributed by atoms with Crippen LogP contribution in [0.15, 0.2) is 36.4 Å². The zero-order chi connectivity index (χ0) is 28.1. The molecule has 0 heterocycles. The van der Waals surface area contributed by atoms with Crippen LogP contribution in [0.5, 0.6) is 0 Å². The number of hydrogen-bond acceptors (Lipinski definition) is 4. The van der Waals surface area contributed by atoms with E-state index in [0.29, 0.717) is 20.1 Å². The van der Waals surface area contributed by atoms with Crippen LogP contribution in [0.4, 0.5) is 0 Å². The SMILES string of the molecule is CN(C)C[C@@]1(c2ccc(Cl)c(Cl)c2)CCCC[C@H]1O.CN(C)C[C@]1(c2ccc(Cl)c(Cl)c2)CCCC[C@@H]1O. The Bertz CT molecular complexity index is 983. The molecule has 0 bridgehead atoms. The van der Waals surface area contributed by atoms with E-state index in [1.165, 1.54) is 0 Å². The molecule has 2 N–H and O–H groups in total. The molecule has 0 radical (unpaired) electrons. The molecule has 212 valence electrons. The standard InChI is InChI=1S/2C15H21Cl2NO/c2*1-18(2)10-15(8-4-3-5-14(15)19)11-6-7-12(16)13(17)9-11/h2*6-7,9,14,19H,3-5,8,10H2,1-2H3/t2*14-,15-/m10/s1. The second kappa shape index (κ2) is 13.9. The van der Waals surface area contributed by atoms with E-state index in [1.807, 2.05) is 64.6 Å². The van der Waals surface area contributed by atoms with Gasteiger partial charge in [-0.1, -0.05) is 84.2 Å². The minimum Gasteiger partial charge on any atom is -0.392 e. The zero-order valence-electron chi connectivity index (χ0n) is 23.0. The number of aliphatic hydroxyl groups is 2. The summed E-state index contributed by atoms with van der Waals surface area (Å²) in [4.78, 5) is 4.27. The molecule has 4 atom stereocenters. The summed E-state index contributed by atoms with van der Waals surface area (Å²) in [5, 5.41) is 23.4. The Labute approximate surface area is 248 Å². The van der Waals surface area contributed by atoms with E-state index >= 15 is 0 Å². The molecule has 2 saturated carbocycles. The van der Waals surface area contributed by atoms with Crippen molar-refractivity contribution in [1.29, 1.82) is 0 Å². The van der Waals surface area contributed by atoms with Crippen molar-refractivity contribution in [3.05, 3.63) is 67.6 Å². The molecule has 2 aliphatic carbocycles. The fourth-order valence-corrected chi connectivity index (χ4v) is 7.00.